The van der Waals surface area contributed by atoms with Crippen molar-refractivity contribution in [3.8, 4) is 5.75 Å². The number of carbonyl (C=O) groups is 4. The van der Waals surface area contributed by atoms with E-state index >= 15 is 0 Å². The van der Waals surface area contributed by atoms with Crippen LogP contribution < -0.4 is 16.8 Å². The molecular weight excluding hydrogens is 530 g/mol. The molecule has 11 heteroatoms. The van der Waals surface area contributed by atoms with Crippen molar-refractivity contribution < 1.29 is 24.3 Å². The Kier molecular flexibility index (Phi) is 9.05. The first-order valence-corrected chi connectivity index (χ1v) is 14.4. The minimum Gasteiger partial charge on any atom is -0.508 e. The highest BCUT2D eigenvalue weighted by Crippen LogP contribution is 2.39. The maximum absolute atomic E-state index is 13.8. The Labute approximate surface area is 238 Å². The van der Waals surface area contributed by atoms with Gasteiger partial charge in [0.15, 0.2) is 0 Å². The van der Waals surface area contributed by atoms with Crippen molar-refractivity contribution in [3.05, 3.63) is 65.7 Å². The third-order valence-electron chi connectivity index (χ3n) is 7.50. The zero-order valence-electron chi connectivity index (χ0n) is 22.8. The first kappa shape index (κ1) is 29.4. The molecule has 6 N–H and O–H groups in total. The second-order valence-electron chi connectivity index (χ2n) is 10.8. The summed E-state index contributed by atoms with van der Waals surface area (Å²) in [5.74, 6) is -1.30. The van der Waals surface area contributed by atoms with Gasteiger partial charge in [0.05, 0.1) is 10.9 Å². The number of aromatic hydroxyl groups is 1. The van der Waals surface area contributed by atoms with Crippen molar-refractivity contribution in [2.45, 2.75) is 68.6 Å². The minimum absolute atomic E-state index is 0.119. The van der Waals surface area contributed by atoms with Crippen LogP contribution in [0, 0.1) is 0 Å². The SMILES string of the molecule is CC1(C)SC[C@@H](C(=O)N[C@H](Cc2ccccc2)C(=O)N2CCC[C@H]2C(N)=O)N1C(=O)[C@@H](N)Cc1ccc(O)cc1. The van der Waals surface area contributed by atoms with Crippen molar-refractivity contribution >= 4 is 35.4 Å². The van der Waals surface area contributed by atoms with Gasteiger partial charge in [0.1, 0.15) is 23.9 Å². The van der Waals surface area contributed by atoms with Gasteiger partial charge in [0.2, 0.25) is 23.6 Å². The summed E-state index contributed by atoms with van der Waals surface area (Å²) in [5.41, 5.74) is 13.5. The Bertz CT molecular complexity index is 1240. The smallest absolute Gasteiger partial charge is 0.246 e. The van der Waals surface area contributed by atoms with Gasteiger partial charge in [-0.25, -0.2) is 0 Å². The molecule has 10 nitrogen and oxygen atoms in total. The molecule has 2 aromatic carbocycles. The Morgan fingerprint density at radius 3 is 2.30 bits per heavy atom. The number of rotatable bonds is 9. The Morgan fingerprint density at radius 2 is 1.65 bits per heavy atom. The second-order valence-corrected chi connectivity index (χ2v) is 12.4. The van der Waals surface area contributed by atoms with Crippen LogP contribution in [0.15, 0.2) is 54.6 Å². The molecule has 2 fully saturated rings. The van der Waals surface area contributed by atoms with Crippen molar-refractivity contribution in [2.75, 3.05) is 12.3 Å². The van der Waals surface area contributed by atoms with E-state index < -0.39 is 40.9 Å². The fraction of sp³-hybridized carbons (Fsp3) is 0.448. The van der Waals surface area contributed by atoms with Crippen LogP contribution in [-0.4, -0.2) is 79.9 Å². The molecule has 0 bridgehead atoms. The Morgan fingerprint density at radius 1 is 1.00 bits per heavy atom. The predicted octanol–water partition coefficient (Wildman–Crippen LogP) is 1.15. The fourth-order valence-corrected chi connectivity index (χ4v) is 6.63. The number of phenolic OH excluding ortho intramolecular Hbond substituents is 1. The molecule has 0 spiro atoms. The summed E-state index contributed by atoms with van der Waals surface area (Å²) >= 11 is 1.47. The maximum Gasteiger partial charge on any atom is 0.246 e. The lowest BCUT2D eigenvalue weighted by atomic mass is 10.0. The minimum atomic E-state index is -0.939. The molecule has 0 saturated carbocycles. The van der Waals surface area contributed by atoms with Crippen LogP contribution in [0.2, 0.25) is 0 Å². The van der Waals surface area contributed by atoms with Crippen molar-refractivity contribution in [2.24, 2.45) is 11.5 Å². The van der Waals surface area contributed by atoms with Crippen LogP contribution >= 0.6 is 11.8 Å². The van der Waals surface area contributed by atoms with Crippen LogP contribution in [0.4, 0.5) is 0 Å². The maximum atomic E-state index is 13.8. The van der Waals surface area contributed by atoms with Gasteiger partial charge < -0.3 is 31.7 Å². The molecule has 4 atom stereocenters. The van der Waals surface area contributed by atoms with Gasteiger partial charge in [-0.1, -0.05) is 42.5 Å². The molecule has 2 aliphatic heterocycles. The fourth-order valence-electron chi connectivity index (χ4n) is 5.41. The van der Waals surface area contributed by atoms with Gasteiger partial charge in [0, 0.05) is 18.7 Å². The Balaban J connectivity index is 1.54. The van der Waals surface area contributed by atoms with E-state index in [4.69, 9.17) is 11.5 Å². The van der Waals surface area contributed by atoms with Crippen molar-refractivity contribution in [3.63, 3.8) is 0 Å². The Hall–Kier alpha value is -3.57. The van der Waals surface area contributed by atoms with Gasteiger partial charge in [0.25, 0.3) is 0 Å². The molecule has 214 valence electrons. The number of amides is 4. The molecular formula is C29H37N5O5S. The molecule has 0 aliphatic carbocycles. The van der Waals surface area contributed by atoms with Crippen molar-refractivity contribution in [1.29, 1.82) is 0 Å². The molecule has 0 aromatic heterocycles. The lowest BCUT2D eigenvalue weighted by molar-refractivity contribution is -0.145. The summed E-state index contributed by atoms with van der Waals surface area (Å²) in [4.78, 5) is 55.3. The third kappa shape index (κ3) is 6.59. The van der Waals surface area contributed by atoms with E-state index in [1.165, 1.54) is 33.7 Å². The van der Waals surface area contributed by atoms with E-state index in [1.54, 1.807) is 12.1 Å². The summed E-state index contributed by atoms with van der Waals surface area (Å²) < 4.78 is 0. The normalized spacial score (nSPS) is 21.6. The molecule has 2 heterocycles. The quantitative estimate of drug-likeness (QED) is 0.354. The van der Waals surface area contributed by atoms with Crippen molar-refractivity contribution in [1.82, 2.24) is 15.1 Å². The zero-order valence-corrected chi connectivity index (χ0v) is 23.6. The number of benzene rings is 2. The number of nitrogens with one attached hydrogen (secondary N) is 1. The summed E-state index contributed by atoms with van der Waals surface area (Å²) in [6.45, 7) is 4.12. The number of carbonyl (C=O) groups excluding carboxylic acids is 4. The molecule has 0 radical (unpaired) electrons. The number of thioether (sulfide) groups is 1. The van der Waals surface area contributed by atoms with Gasteiger partial charge in [-0.2, -0.15) is 0 Å². The first-order chi connectivity index (χ1) is 19.0. The second kappa shape index (κ2) is 12.3. The van der Waals surface area contributed by atoms with Crippen LogP contribution in [0.25, 0.3) is 0 Å². The number of nitrogens with two attached hydrogens (primary N) is 2. The van der Waals surface area contributed by atoms with Gasteiger partial charge in [-0.15, -0.1) is 11.8 Å². The molecule has 40 heavy (non-hydrogen) atoms. The number of likely N-dealkylation sites (tertiary alicyclic amines) is 1. The lowest BCUT2D eigenvalue weighted by Gasteiger charge is -2.36. The summed E-state index contributed by atoms with van der Waals surface area (Å²) in [7, 11) is 0. The van der Waals surface area contributed by atoms with E-state index in [2.05, 4.69) is 5.32 Å². The molecule has 4 rings (SSSR count). The molecule has 2 aromatic rings. The first-order valence-electron chi connectivity index (χ1n) is 13.4. The third-order valence-corrected chi connectivity index (χ3v) is 8.88. The molecule has 4 amide bonds. The number of nitrogens with zero attached hydrogens (tertiary/aromatic N) is 2. The van der Waals surface area contributed by atoms with E-state index in [-0.39, 0.29) is 30.4 Å². The highest BCUT2D eigenvalue weighted by molar-refractivity contribution is 8.00. The zero-order chi connectivity index (χ0) is 29.0. The largest absolute Gasteiger partial charge is 0.508 e. The highest BCUT2D eigenvalue weighted by atomic mass is 32.2. The molecule has 0 unspecified atom stereocenters. The van der Waals surface area contributed by atoms with Crippen LogP contribution in [0.5, 0.6) is 5.75 Å². The average Bonchev–Trinajstić information content (AvgIpc) is 3.54. The molecule has 2 saturated heterocycles. The monoisotopic (exact) mass is 567 g/mol. The van der Waals surface area contributed by atoms with E-state index in [1.807, 2.05) is 44.2 Å². The summed E-state index contributed by atoms with van der Waals surface area (Å²) in [5, 5.41) is 12.5. The van der Waals surface area contributed by atoms with E-state index in [9.17, 15) is 24.3 Å². The number of hydrogen-bond acceptors (Lipinski definition) is 7. The predicted molar refractivity (Wildman–Crippen MR) is 153 cm³/mol. The summed E-state index contributed by atoms with van der Waals surface area (Å²) in [6, 6.07) is 12.4. The van der Waals surface area contributed by atoms with E-state index in [0.29, 0.717) is 25.1 Å². The van der Waals surface area contributed by atoms with Gasteiger partial charge in [-0.05, 0) is 56.4 Å². The van der Waals surface area contributed by atoms with Crippen LogP contribution in [0.1, 0.15) is 37.8 Å². The van der Waals surface area contributed by atoms with Gasteiger partial charge in [-0.3, -0.25) is 19.2 Å². The molecule has 2 aliphatic rings. The van der Waals surface area contributed by atoms with E-state index in [0.717, 1.165) is 11.1 Å². The summed E-state index contributed by atoms with van der Waals surface area (Å²) in [6.07, 6.45) is 1.61. The van der Waals surface area contributed by atoms with Gasteiger partial charge >= 0.3 is 0 Å². The topological polar surface area (TPSA) is 159 Å². The average molecular weight is 568 g/mol. The van der Waals surface area contributed by atoms with Crippen LogP contribution in [-0.2, 0) is 32.0 Å². The number of hydrogen-bond donors (Lipinski definition) is 4. The van der Waals surface area contributed by atoms with Crippen LogP contribution in [0.3, 0.4) is 0 Å². The standard InChI is InChI=1S/C29H37N5O5S/c1-29(2)34(27(38)21(30)15-19-10-12-20(35)13-11-19)24(17-40-29)26(37)32-22(16-18-7-4-3-5-8-18)28(39)33-14-6-9-23(33)25(31)36/h3-5,7-8,10-13,21-24,35H,6,9,14-17,30H2,1-2H3,(H2,31,36)(H,32,37)/t21-,22+,23-,24-/m0/s1. The number of phenols is 1. The number of primary amides is 1. The lowest BCUT2D eigenvalue weighted by Crippen LogP contribution is -2.60. The highest BCUT2D eigenvalue weighted by Gasteiger charge is 2.48.